The van der Waals surface area contributed by atoms with Gasteiger partial charge in [0, 0.05) is 29.0 Å². The Hall–Kier alpha value is -0.920. The van der Waals surface area contributed by atoms with Crippen molar-refractivity contribution in [3.8, 4) is 6.07 Å². The maximum Gasteiger partial charge on any atom is 0.126 e. The summed E-state index contributed by atoms with van der Waals surface area (Å²) in [5, 5.41) is 9.33. The van der Waals surface area contributed by atoms with E-state index in [0.29, 0.717) is 12.1 Å². The third-order valence-electron chi connectivity index (χ3n) is 3.79. The van der Waals surface area contributed by atoms with Gasteiger partial charge in [-0.2, -0.15) is 5.26 Å². The van der Waals surface area contributed by atoms with Gasteiger partial charge in [-0.15, -0.1) is 0 Å². The minimum atomic E-state index is -0.218. The third kappa shape index (κ3) is 2.98. The first-order valence-corrected chi connectivity index (χ1v) is 7.22. The van der Waals surface area contributed by atoms with Crippen molar-refractivity contribution < 1.29 is 4.39 Å². The molecule has 0 spiro atoms. The van der Waals surface area contributed by atoms with Crippen LogP contribution in [0.1, 0.15) is 32.3 Å². The van der Waals surface area contributed by atoms with E-state index in [2.05, 4.69) is 47.7 Å². The maximum atomic E-state index is 14.0. The Balaban J connectivity index is 2.34. The molecule has 0 unspecified atom stereocenters. The molecule has 19 heavy (non-hydrogen) atoms. The lowest BCUT2D eigenvalue weighted by Crippen LogP contribution is -2.39. The molecule has 1 fully saturated rings. The average molecular weight is 325 g/mol. The molecule has 1 aliphatic rings. The number of rotatable bonds is 1. The average Bonchev–Trinajstić information content (AvgIpc) is 2.76. The van der Waals surface area contributed by atoms with Crippen LogP contribution in [0.15, 0.2) is 22.7 Å². The van der Waals surface area contributed by atoms with Gasteiger partial charge in [-0.25, -0.2) is 4.39 Å². The first kappa shape index (κ1) is 14.5. The van der Waals surface area contributed by atoms with Gasteiger partial charge in [0.25, 0.3) is 0 Å². The van der Waals surface area contributed by atoms with E-state index in [-0.39, 0.29) is 23.2 Å². The van der Waals surface area contributed by atoms with E-state index in [1.807, 2.05) is 0 Å². The van der Waals surface area contributed by atoms with Gasteiger partial charge < -0.3 is 0 Å². The fourth-order valence-electron chi connectivity index (χ4n) is 2.60. The predicted molar refractivity (Wildman–Crippen MR) is 77.3 cm³/mol. The van der Waals surface area contributed by atoms with Gasteiger partial charge in [0.2, 0.25) is 0 Å². The number of nitriles is 1. The molecular weight excluding hydrogens is 307 g/mol. The SMILES string of the molecule is CC(C)(C)N1C[C@@H](C#N)[C@H](c2cc(Br)ccc2F)C1. The van der Waals surface area contributed by atoms with Crippen molar-refractivity contribution in [1.82, 2.24) is 4.90 Å². The minimum Gasteiger partial charge on any atom is -0.297 e. The number of likely N-dealkylation sites (tertiary alicyclic amines) is 1. The van der Waals surface area contributed by atoms with Crippen LogP contribution in [0.25, 0.3) is 0 Å². The summed E-state index contributed by atoms with van der Waals surface area (Å²) in [6.07, 6.45) is 0. The first-order valence-electron chi connectivity index (χ1n) is 6.42. The molecule has 1 aliphatic heterocycles. The fourth-order valence-corrected chi connectivity index (χ4v) is 2.98. The zero-order valence-corrected chi connectivity index (χ0v) is 13.0. The predicted octanol–water partition coefficient (Wildman–Crippen LogP) is 3.93. The Bertz CT molecular complexity index is 516. The van der Waals surface area contributed by atoms with Crippen LogP contribution in [0, 0.1) is 23.1 Å². The smallest absolute Gasteiger partial charge is 0.126 e. The van der Waals surface area contributed by atoms with E-state index in [4.69, 9.17) is 0 Å². The van der Waals surface area contributed by atoms with Gasteiger partial charge in [-0.05, 0) is 44.5 Å². The first-order chi connectivity index (χ1) is 8.82. The molecule has 0 N–H and O–H groups in total. The molecule has 1 aromatic rings. The zero-order chi connectivity index (χ0) is 14.2. The summed E-state index contributed by atoms with van der Waals surface area (Å²) in [7, 11) is 0. The van der Waals surface area contributed by atoms with Crippen LogP contribution in [-0.4, -0.2) is 23.5 Å². The monoisotopic (exact) mass is 324 g/mol. The van der Waals surface area contributed by atoms with Gasteiger partial charge in [0.15, 0.2) is 0 Å². The second-order valence-corrected chi connectivity index (χ2v) is 7.00. The van der Waals surface area contributed by atoms with E-state index in [1.54, 1.807) is 12.1 Å². The minimum absolute atomic E-state index is 0.00629. The van der Waals surface area contributed by atoms with Crippen molar-refractivity contribution in [2.24, 2.45) is 5.92 Å². The van der Waals surface area contributed by atoms with Crippen LogP contribution < -0.4 is 0 Å². The number of nitrogens with zero attached hydrogens (tertiary/aromatic N) is 2. The van der Waals surface area contributed by atoms with Crippen molar-refractivity contribution >= 4 is 15.9 Å². The highest BCUT2D eigenvalue weighted by Gasteiger charge is 2.39. The lowest BCUT2D eigenvalue weighted by atomic mass is 9.90. The van der Waals surface area contributed by atoms with Crippen molar-refractivity contribution in [3.63, 3.8) is 0 Å². The molecule has 2 atom stereocenters. The normalized spacial score (nSPS) is 24.4. The topological polar surface area (TPSA) is 27.0 Å². The summed E-state index contributed by atoms with van der Waals surface area (Å²) >= 11 is 3.38. The summed E-state index contributed by atoms with van der Waals surface area (Å²) < 4.78 is 14.9. The Morgan fingerprint density at radius 1 is 1.37 bits per heavy atom. The zero-order valence-electron chi connectivity index (χ0n) is 11.5. The highest BCUT2D eigenvalue weighted by atomic mass is 79.9. The van der Waals surface area contributed by atoms with Gasteiger partial charge in [0.05, 0.1) is 12.0 Å². The molecule has 2 rings (SSSR count). The van der Waals surface area contributed by atoms with E-state index in [9.17, 15) is 9.65 Å². The Labute approximate surface area is 122 Å². The van der Waals surface area contributed by atoms with Crippen LogP contribution >= 0.6 is 15.9 Å². The molecule has 4 heteroatoms. The van der Waals surface area contributed by atoms with Crippen molar-refractivity contribution in [2.45, 2.75) is 32.2 Å². The molecule has 0 amide bonds. The largest absolute Gasteiger partial charge is 0.297 e. The lowest BCUT2D eigenvalue weighted by Gasteiger charge is -2.31. The van der Waals surface area contributed by atoms with Crippen LogP contribution in [0.3, 0.4) is 0 Å². The molecule has 2 nitrogen and oxygen atoms in total. The molecule has 1 aromatic carbocycles. The molecule has 0 radical (unpaired) electrons. The van der Waals surface area contributed by atoms with Crippen LogP contribution in [0.2, 0.25) is 0 Å². The molecule has 102 valence electrons. The molecule has 1 saturated heterocycles. The van der Waals surface area contributed by atoms with E-state index < -0.39 is 0 Å². The van der Waals surface area contributed by atoms with Crippen molar-refractivity contribution in [3.05, 3.63) is 34.1 Å². The molecule has 1 heterocycles. The summed E-state index contributed by atoms with van der Waals surface area (Å²) in [4.78, 5) is 2.26. The number of benzene rings is 1. The quantitative estimate of drug-likeness (QED) is 0.782. The van der Waals surface area contributed by atoms with Gasteiger partial charge >= 0.3 is 0 Å². The Morgan fingerprint density at radius 2 is 2.05 bits per heavy atom. The lowest BCUT2D eigenvalue weighted by molar-refractivity contribution is 0.170. The highest BCUT2D eigenvalue weighted by molar-refractivity contribution is 9.10. The number of hydrogen-bond donors (Lipinski definition) is 0. The van der Waals surface area contributed by atoms with E-state index in [0.717, 1.165) is 11.0 Å². The number of hydrogen-bond acceptors (Lipinski definition) is 2. The molecular formula is C15H18BrFN2. The second-order valence-electron chi connectivity index (χ2n) is 6.08. The van der Waals surface area contributed by atoms with Gasteiger partial charge in [-0.3, -0.25) is 4.90 Å². The number of halogens is 2. The summed E-state index contributed by atoms with van der Waals surface area (Å²) in [6.45, 7) is 7.81. The Morgan fingerprint density at radius 3 is 2.63 bits per heavy atom. The van der Waals surface area contributed by atoms with E-state index in [1.165, 1.54) is 6.07 Å². The molecule has 0 aromatic heterocycles. The van der Waals surface area contributed by atoms with Crippen LogP contribution in [0.5, 0.6) is 0 Å². The van der Waals surface area contributed by atoms with E-state index >= 15 is 0 Å². The van der Waals surface area contributed by atoms with Gasteiger partial charge in [0.1, 0.15) is 5.82 Å². The third-order valence-corrected chi connectivity index (χ3v) is 4.29. The summed E-state index contributed by atoms with van der Waals surface area (Å²) in [5.41, 5.74) is 0.652. The molecule has 0 aliphatic carbocycles. The highest BCUT2D eigenvalue weighted by Crippen LogP contribution is 2.37. The van der Waals surface area contributed by atoms with Crippen LogP contribution in [0.4, 0.5) is 4.39 Å². The van der Waals surface area contributed by atoms with Crippen molar-refractivity contribution in [1.29, 1.82) is 5.26 Å². The van der Waals surface area contributed by atoms with Gasteiger partial charge in [-0.1, -0.05) is 15.9 Å². The standard InChI is InChI=1S/C15H18BrFN2/c1-15(2,3)19-8-10(7-18)13(9-19)12-6-11(16)4-5-14(12)17/h4-6,10,13H,8-9H2,1-3H3/t10-,13-/m1/s1. The molecule has 0 saturated carbocycles. The Kier molecular flexibility index (Phi) is 3.98. The fraction of sp³-hybridized carbons (Fsp3) is 0.533. The maximum absolute atomic E-state index is 14.0. The second kappa shape index (κ2) is 5.22. The summed E-state index contributed by atoms with van der Waals surface area (Å²) in [5.74, 6) is -0.422. The summed E-state index contributed by atoms with van der Waals surface area (Å²) in [6, 6.07) is 7.30. The molecule has 0 bridgehead atoms. The van der Waals surface area contributed by atoms with Crippen molar-refractivity contribution in [2.75, 3.05) is 13.1 Å². The van der Waals surface area contributed by atoms with Crippen LogP contribution in [-0.2, 0) is 0 Å².